The minimum atomic E-state index is -3.60. The normalized spacial score (nSPS) is 18.6. The van der Waals surface area contributed by atoms with Crippen LogP contribution in [0.1, 0.15) is 63.0 Å². The van der Waals surface area contributed by atoms with Crippen LogP contribution in [0.15, 0.2) is 60.7 Å². The maximum absolute atomic E-state index is 14.2. The number of hydrogen-bond donors (Lipinski definition) is 0. The lowest BCUT2D eigenvalue weighted by atomic mass is 9.78. The summed E-state index contributed by atoms with van der Waals surface area (Å²) in [7, 11) is 0. The lowest BCUT2D eigenvalue weighted by Crippen LogP contribution is -2.15. The lowest BCUT2D eigenvalue weighted by Gasteiger charge is -2.28. The fourth-order valence-corrected chi connectivity index (χ4v) is 5.83. The van der Waals surface area contributed by atoms with Crippen molar-refractivity contribution in [3.63, 3.8) is 0 Å². The van der Waals surface area contributed by atoms with Crippen molar-refractivity contribution in [2.24, 2.45) is 11.8 Å². The number of halogens is 5. The summed E-state index contributed by atoms with van der Waals surface area (Å²) in [5.41, 5.74) is 3.00. The summed E-state index contributed by atoms with van der Waals surface area (Å²) >= 11 is 0.739. The van der Waals surface area contributed by atoms with Gasteiger partial charge < -0.3 is 0 Å². The van der Waals surface area contributed by atoms with Gasteiger partial charge in [-0.15, -0.1) is 0 Å². The highest BCUT2D eigenvalue weighted by Gasteiger charge is 2.34. The molecule has 1 fully saturated rings. The summed E-state index contributed by atoms with van der Waals surface area (Å²) in [5, 5.41) is 0. The Labute approximate surface area is 219 Å². The van der Waals surface area contributed by atoms with Gasteiger partial charge in [-0.3, -0.25) is 0 Å². The van der Waals surface area contributed by atoms with E-state index >= 15 is 0 Å². The van der Waals surface area contributed by atoms with E-state index in [1.165, 1.54) is 50.5 Å². The van der Waals surface area contributed by atoms with Crippen LogP contribution < -0.4 is 0 Å². The third-order valence-corrected chi connectivity index (χ3v) is 7.87. The molecule has 0 heterocycles. The first kappa shape index (κ1) is 26.2. The maximum atomic E-state index is 14.2. The van der Waals surface area contributed by atoms with E-state index in [0.717, 1.165) is 64.1 Å². The van der Waals surface area contributed by atoms with Crippen LogP contribution in [0.25, 0.3) is 22.3 Å². The third kappa shape index (κ3) is 6.66. The second-order valence-electron chi connectivity index (χ2n) is 9.80. The quantitative estimate of drug-likeness (QED) is 0.138. The van der Waals surface area contributed by atoms with Crippen LogP contribution in [0, 0.1) is 23.5 Å². The first-order valence-corrected chi connectivity index (χ1v) is 13.6. The van der Waals surface area contributed by atoms with Crippen molar-refractivity contribution in [2.45, 2.75) is 62.2 Å². The summed E-state index contributed by atoms with van der Waals surface area (Å²) in [6.07, 6.45) is 10.6. The Hall–Kier alpha value is -1.89. The molecule has 0 aliphatic heterocycles. The van der Waals surface area contributed by atoms with Crippen molar-refractivity contribution >= 4 is 22.6 Å². The monoisotopic (exact) mass is 594 g/mol. The van der Waals surface area contributed by atoms with Gasteiger partial charge in [0.1, 0.15) is 17.2 Å². The molecule has 4 rings (SSSR count). The highest BCUT2D eigenvalue weighted by atomic mass is 127. The van der Waals surface area contributed by atoms with Gasteiger partial charge in [-0.25, -0.2) is 8.78 Å². The molecule has 0 spiro atoms. The summed E-state index contributed by atoms with van der Waals surface area (Å²) in [6, 6.07) is 17.8. The average molecular weight is 594 g/mol. The summed E-state index contributed by atoms with van der Waals surface area (Å²) in [5.74, 6) is -0.691. The Morgan fingerprint density at radius 3 is 1.60 bits per heavy atom. The zero-order valence-corrected chi connectivity index (χ0v) is 22.1. The van der Waals surface area contributed by atoms with Crippen LogP contribution in [0.4, 0.5) is 17.6 Å². The van der Waals surface area contributed by atoms with E-state index in [-0.39, 0.29) is 5.56 Å². The SMILES string of the molecule is CCCC1CCC(CCc2ccc(-c3ccc(-c4cc(F)c(C(F)(F)I)c(F)c4)cc3)cc2)CC1. The molecule has 0 unspecified atom stereocenters. The molecular weight excluding hydrogens is 563 g/mol. The predicted octanol–water partition coefficient (Wildman–Crippen LogP) is 10.3. The molecule has 1 saturated carbocycles. The fraction of sp³-hybridized carbons (Fsp3) is 0.400. The molecule has 0 saturated heterocycles. The number of hydrogen-bond acceptors (Lipinski definition) is 0. The molecule has 0 atom stereocenters. The molecule has 0 aromatic heterocycles. The molecule has 0 amide bonds. The molecule has 0 N–H and O–H groups in total. The van der Waals surface area contributed by atoms with Crippen molar-refractivity contribution in [1.82, 2.24) is 0 Å². The summed E-state index contributed by atoms with van der Waals surface area (Å²) in [4.78, 5) is 0. The molecule has 1 aliphatic rings. The van der Waals surface area contributed by atoms with Gasteiger partial charge >= 0.3 is 3.93 Å². The second kappa shape index (κ2) is 11.4. The largest absolute Gasteiger partial charge is 0.327 e. The molecule has 3 aromatic carbocycles. The molecule has 186 valence electrons. The van der Waals surface area contributed by atoms with Gasteiger partial charge in [0.15, 0.2) is 0 Å². The van der Waals surface area contributed by atoms with Crippen molar-refractivity contribution < 1.29 is 17.6 Å². The van der Waals surface area contributed by atoms with E-state index in [0.29, 0.717) is 5.56 Å². The maximum Gasteiger partial charge on any atom is 0.327 e. The van der Waals surface area contributed by atoms with Crippen molar-refractivity contribution in [2.75, 3.05) is 0 Å². The minimum Gasteiger partial charge on any atom is -0.206 e. The van der Waals surface area contributed by atoms with Gasteiger partial charge in [-0.1, -0.05) is 94.0 Å². The molecular formula is C30H31F4I. The fourth-order valence-electron chi connectivity index (χ4n) is 5.32. The zero-order chi connectivity index (χ0) is 25.0. The molecule has 1 aliphatic carbocycles. The van der Waals surface area contributed by atoms with Gasteiger partial charge in [0.2, 0.25) is 0 Å². The molecule has 3 aromatic rings. The third-order valence-electron chi connectivity index (χ3n) is 7.34. The summed E-state index contributed by atoms with van der Waals surface area (Å²) in [6.45, 7) is 2.28. The van der Waals surface area contributed by atoms with Gasteiger partial charge in [-0.2, -0.15) is 8.78 Å². The number of alkyl halides is 3. The van der Waals surface area contributed by atoms with Gasteiger partial charge in [0, 0.05) is 22.6 Å². The molecule has 0 radical (unpaired) electrons. The first-order chi connectivity index (χ1) is 16.7. The highest BCUT2D eigenvalue weighted by molar-refractivity contribution is 14.1. The average Bonchev–Trinajstić information content (AvgIpc) is 2.83. The predicted molar refractivity (Wildman–Crippen MR) is 144 cm³/mol. The van der Waals surface area contributed by atoms with Crippen molar-refractivity contribution in [3.8, 4) is 22.3 Å². The number of rotatable bonds is 8. The van der Waals surface area contributed by atoms with Crippen LogP contribution >= 0.6 is 22.6 Å². The van der Waals surface area contributed by atoms with E-state index in [4.69, 9.17) is 0 Å². The number of benzene rings is 3. The van der Waals surface area contributed by atoms with Crippen LogP contribution in [0.2, 0.25) is 0 Å². The summed E-state index contributed by atoms with van der Waals surface area (Å²) < 4.78 is 51.7. The Morgan fingerprint density at radius 1 is 0.714 bits per heavy atom. The van der Waals surface area contributed by atoms with E-state index in [9.17, 15) is 17.6 Å². The second-order valence-corrected chi connectivity index (χ2v) is 11.2. The van der Waals surface area contributed by atoms with E-state index in [1.807, 2.05) is 12.1 Å². The molecule has 35 heavy (non-hydrogen) atoms. The van der Waals surface area contributed by atoms with Crippen molar-refractivity contribution in [3.05, 3.63) is 83.4 Å². The van der Waals surface area contributed by atoms with Gasteiger partial charge in [-0.05, 0) is 64.6 Å². The highest BCUT2D eigenvalue weighted by Crippen LogP contribution is 2.40. The van der Waals surface area contributed by atoms with Gasteiger partial charge in [0.25, 0.3) is 0 Å². The van der Waals surface area contributed by atoms with Crippen LogP contribution in [-0.2, 0) is 10.4 Å². The Balaban J connectivity index is 1.38. The topological polar surface area (TPSA) is 0 Å². The minimum absolute atomic E-state index is 0.232. The lowest BCUT2D eigenvalue weighted by molar-refractivity contribution is 0.117. The van der Waals surface area contributed by atoms with Crippen LogP contribution in [0.5, 0.6) is 0 Å². The Kier molecular flexibility index (Phi) is 8.56. The smallest absolute Gasteiger partial charge is 0.206 e. The first-order valence-electron chi connectivity index (χ1n) is 12.5. The van der Waals surface area contributed by atoms with E-state index < -0.39 is 21.1 Å². The standard InChI is InChI=1S/C30H31F4I/c1-2-3-20-4-6-21(7-5-20)8-9-22-10-12-23(13-11-22)24-14-16-25(17-15-24)26-18-27(31)29(28(32)19-26)30(33,34)35/h10-21H,2-9H2,1H3. The number of aryl methyl sites for hydroxylation is 1. The molecule has 5 heteroatoms. The zero-order valence-electron chi connectivity index (χ0n) is 20.0. The molecule has 0 nitrogen and oxygen atoms in total. The Morgan fingerprint density at radius 2 is 1.14 bits per heavy atom. The Bertz CT molecular complexity index is 1090. The van der Waals surface area contributed by atoms with E-state index in [2.05, 4.69) is 31.2 Å². The van der Waals surface area contributed by atoms with Crippen LogP contribution in [-0.4, -0.2) is 0 Å². The van der Waals surface area contributed by atoms with Gasteiger partial charge in [0.05, 0.1) is 0 Å². The van der Waals surface area contributed by atoms with E-state index in [1.54, 1.807) is 12.1 Å². The van der Waals surface area contributed by atoms with Crippen molar-refractivity contribution in [1.29, 1.82) is 0 Å². The molecule has 0 bridgehead atoms. The van der Waals surface area contributed by atoms with Crippen LogP contribution in [0.3, 0.4) is 0 Å².